The third-order valence-corrected chi connectivity index (χ3v) is 6.90. The molecule has 3 rings (SSSR count). The van der Waals surface area contributed by atoms with Gasteiger partial charge in [-0.3, -0.25) is 9.59 Å². The van der Waals surface area contributed by atoms with E-state index >= 15 is 0 Å². The summed E-state index contributed by atoms with van der Waals surface area (Å²) in [5.74, 6) is 2.16. The third kappa shape index (κ3) is 4.80. The predicted molar refractivity (Wildman–Crippen MR) is 107 cm³/mol. The topological polar surface area (TPSA) is 58.2 Å². The first-order valence-corrected chi connectivity index (χ1v) is 10.3. The monoisotopic (exact) mass is 372 g/mol. The Labute approximate surface area is 156 Å². The molecular formula is C19H20N2O2S2. The van der Waals surface area contributed by atoms with Gasteiger partial charge in [-0.25, -0.2) is 0 Å². The highest BCUT2D eigenvalue weighted by atomic mass is 32.2. The maximum absolute atomic E-state index is 12.4. The van der Waals surface area contributed by atoms with Gasteiger partial charge < -0.3 is 10.6 Å². The van der Waals surface area contributed by atoms with Gasteiger partial charge in [0, 0.05) is 34.9 Å². The number of anilines is 2. The van der Waals surface area contributed by atoms with Crippen molar-refractivity contribution in [2.24, 2.45) is 0 Å². The molecule has 0 atom stereocenters. The van der Waals surface area contributed by atoms with E-state index in [0.29, 0.717) is 27.9 Å². The first-order valence-electron chi connectivity index (χ1n) is 8.20. The van der Waals surface area contributed by atoms with Crippen molar-refractivity contribution < 1.29 is 9.59 Å². The molecule has 2 aromatic rings. The van der Waals surface area contributed by atoms with Crippen LogP contribution in [0.2, 0.25) is 0 Å². The largest absolute Gasteiger partial charge is 0.326 e. The number of carbonyl (C=O) groups is 2. The van der Waals surface area contributed by atoms with Crippen molar-refractivity contribution in [3.05, 3.63) is 59.7 Å². The van der Waals surface area contributed by atoms with Crippen LogP contribution in [-0.2, 0) is 4.79 Å². The summed E-state index contributed by atoms with van der Waals surface area (Å²) in [7, 11) is 0. The van der Waals surface area contributed by atoms with Gasteiger partial charge >= 0.3 is 0 Å². The fraction of sp³-hybridized carbons (Fsp3) is 0.263. The highest BCUT2D eigenvalue weighted by molar-refractivity contribution is 8.19. The molecule has 4 nitrogen and oxygen atoms in total. The lowest BCUT2D eigenvalue weighted by Crippen LogP contribution is -2.13. The molecular weight excluding hydrogens is 352 g/mol. The molecule has 1 aliphatic rings. The van der Waals surface area contributed by atoms with Crippen LogP contribution in [0, 0.1) is 0 Å². The fourth-order valence-corrected chi connectivity index (χ4v) is 5.33. The molecule has 2 amide bonds. The maximum Gasteiger partial charge on any atom is 0.255 e. The first-order chi connectivity index (χ1) is 12.2. The Morgan fingerprint density at radius 1 is 1.00 bits per heavy atom. The lowest BCUT2D eigenvalue weighted by atomic mass is 10.1. The average molecular weight is 373 g/mol. The van der Waals surface area contributed by atoms with E-state index in [1.165, 1.54) is 17.1 Å². The van der Waals surface area contributed by atoms with Gasteiger partial charge in [0.15, 0.2) is 0 Å². The molecule has 2 aromatic carbocycles. The van der Waals surface area contributed by atoms with Crippen LogP contribution in [0.1, 0.15) is 33.8 Å². The van der Waals surface area contributed by atoms with E-state index in [1.807, 2.05) is 47.8 Å². The second-order valence-electron chi connectivity index (χ2n) is 5.63. The number of amides is 2. The normalized spacial score (nSPS) is 14.3. The van der Waals surface area contributed by atoms with Crippen molar-refractivity contribution in [2.75, 3.05) is 22.1 Å². The standard InChI is InChI=1S/C19H20N2O2S2/c1-2-17(22)20-15-4-3-5-16(12-15)21-18(23)13-6-8-14(9-7-13)19-24-10-11-25-19/h3-9,12,19H,2,10-11H2,1H3,(H,20,22)(H,21,23). The van der Waals surface area contributed by atoms with Gasteiger partial charge in [-0.05, 0) is 35.9 Å². The molecule has 2 N–H and O–H groups in total. The van der Waals surface area contributed by atoms with Gasteiger partial charge in [0.05, 0.1) is 4.58 Å². The zero-order valence-corrected chi connectivity index (χ0v) is 15.6. The van der Waals surface area contributed by atoms with Gasteiger partial charge in [-0.1, -0.05) is 25.1 Å². The molecule has 0 aromatic heterocycles. The van der Waals surface area contributed by atoms with Gasteiger partial charge in [0.2, 0.25) is 5.91 Å². The Morgan fingerprint density at radius 2 is 1.64 bits per heavy atom. The van der Waals surface area contributed by atoms with Gasteiger partial charge in [-0.2, -0.15) is 0 Å². The minimum atomic E-state index is -0.155. The van der Waals surface area contributed by atoms with Crippen LogP contribution < -0.4 is 10.6 Å². The molecule has 1 fully saturated rings. The molecule has 0 unspecified atom stereocenters. The van der Waals surface area contributed by atoms with E-state index in [0.717, 1.165) is 0 Å². The fourth-order valence-electron chi connectivity index (χ4n) is 2.47. The summed E-state index contributed by atoms with van der Waals surface area (Å²) in [5.41, 5.74) is 3.22. The third-order valence-electron chi connectivity index (χ3n) is 3.79. The molecule has 1 saturated heterocycles. The van der Waals surface area contributed by atoms with E-state index in [2.05, 4.69) is 10.6 Å². The van der Waals surface area contributed by atoms with E-state index in [4.69, 9.17) is 0 Å². The van der Waals surface area contributed by atoms with E-state index in [1.54, 1.807) is 31.2 Å². The molecule has 0 bridgehead atoms. The van der Waals surface area contributed by atoms with Crippen LogP contribution in [0.3, 0.4) is 0 Å². The predicted octanol–water partition coefficient (Wildman–Crippen LogP) is 4.77. The number of hydrogen-bond donors (Lipinski definition) is 2. The highest BCUT2D eigenvalue weighted by Gasteiger charge is 2.18. The van der Waals surface area contributed by atoms with Crippen molar-refractivity contribution in [2.45, 2.75) is 17.9 Å². The Morgan fingerprint density at radius 3 is 2.28 bits per heavy atom. The zero-order valence-electron chi connectivity index (χ0n) is 14.0. The Bertz CT molecular complexity index is 756. The molecule has 1 heterocycles. The summed E-state index contributed by atoms with van der Waals surface area (Å²) in [6.07, 6.45) is 0.417. The first kappa shape index (κ1) is 17.9. The summed E-state index contributed by atoms with van der Waals surface area (Å²) >= 11 is 3.90. The lowest BCUT2D eigenvalue weighted by molar-refractivity contribution is -0.115. The van der Waals surface area contributed by atoms with Gasteiger partial charge in [-0.15, -0.1) is 23.5 Å². The summed E-state index contributed by atoms with van der Waals surface area (Å²) in [4.78, 5) is 23.9. The van der Waals surface area contributed by atoms with E-state index in [-0.39, 0.29) is 11.8 Å². The van der Waals surface area contributed by atoms with Crippen LogP contribution in [0.5, 0.6) is 0 Å². The van der Waals surface area contributed by atoms with Crippen molar-refractivity contribution in [1.29, 1.82) is 0 Å². The smallest absolute Gasteiger partial charge is 0.255 e. The van der Waals surface area contributed by atoms with Crippen molar-refractivity contribution in [3.8, 4) is 0 Å². The number of hydrogen-bond acceptors (Lipinski definition) is 4. The Hall–Kier alpha value is -1.92. The molecule has 130 valence electrons. The molecule has 0 spiro atoms. The van der Waals surface area contributed by atoms with E-state index in [9.17, 15) is 9.59 Å². The molecule has 0 aliphatic carbocycles. The van der Waals surface area contributed by atoms with E-state index < -0.39 is 0 Å². The number of benzene rings is 2. The second kappa shape index (κ2) is 8.45. The van der Waals surface area contributed by atoms with Gasteiger partial charge in [0.25, 0.3) is 5.91 Å². The summed E-state index contributed by atoms with van der Waals surface area (Å²) in [6, 6.07) is 15.0. The SMILES string of the molecule is CCC(=O)Nc1cccc(NC(=O)c2ccc(C3SCCS3)cc2)c1. The molecule has 0 radical (unpaired) electrons. The summed E-state index contributed by atoms with van der Waals surface area (Å²) in [5, 5.41) is 5.67. The van der Waals surface area contributed by atoms with Crippen LogP contribution >= 0.6 is 23.5 Å². The number of rotatable bonds is 5. The number of thioether (sulfide) groups is 2. The number of nitrogens with one attached hydrogen (secondary N) is 2. The second-order valence-corrected chi connectivity index (χ2v) is 8.36. The average Bonchev–Trinajstić information content (AvgIpc) is 3.16. The van der Waals surface area contributed by atoms with Crippen molar-refractivity contribution in [3.63, 3.8) is 0 Å². The molecule has 25 heavy (non-hydrogen) atoms. The van der Waals surface area contributed by atoms with Crippen LogP contribution in [0.15, 0.2) is 48.5 Å². The Kier molecular flexibility index (Phi) is 6.04. The minimum absolute atomic E-state index is 0.0540. The van der Waals surface area contributed by atoms with Crippen molar-refractivity contribution >= 4 is 46.7 Å². The van der Waals surface area contributed by atoms with Crippen LogP contribution in [0.25, 0.3) is 0 Å². The summed E-state index contributed by atoms with van der Waals surface area (Å²) in [6.45, 7) is 1.80. The minimum Gasteiger partial charge on any atom is -0.326 e. The quantitative estimate of drug-likeness (QED) is 0.794. The van der Waals surface area contributed by atoms with Crippen LogP contribution in [-0.4, -0.2) is 23.3 Å². The molecule has 0 saturated carbocycles. The van der Waals surface area contributed by atoms with Crippen LogP contribution in [0.4, 0.5) is 11.4 Å². The van der Waals surface area contributed by atoms with Gasteiger partial charge in [0.1, 0.15) is 0 Å². The summed E-state index contributed by atoms with van der Waals surface area (Å²) < 4.78 is 0.482. The lowest BCUT2D eigenvalue weighted by Gasteiger charge is -2.10. The zero-order chi connectivity index (χ0) is 17.6. The highest BCUT2D eigenvalue weighted by Crippen LogP contribution is 2.45. The maximum atomic E-state index is 12.4. The molecule has 1 aliphatic heterocycles. The number of carbonyl (C=O) groups excluding carboxylic acids is 2. The van der Waals surface area contributed by atoms with Crippen molar-refractivity contribution in [1.82, 2.24) is 0 Å². The molecule has 6 heteroatoms. The Balaban J connectivity index is 1.65.